The Balaban J connectivity index is 2.06. The molecule has 0 radical (unpaired) electrons. The molecule has 0 aromatic heterocycles. The Labute approximate surface area is 104 Å². The van der Waals surface area contributed by atoms with Crippen LogP contribution in [0.25, 0.3) is 0 Å². The Kier molecular flexibility index (Phi) is 3.70. The van der Waals surface area contributed by atoms with Crippen LogP contribution in [0.2, 0.25) is 5.02 Å². The summed E-state index contributed by atoms with van der Waals surface area (Å²) in [7, 11) is 0. The van der Waals surface area contributed by atoms with Gasteiger partial charge < -0.3 is 5.73 Å². The normalized spacial score (nSPS) is 18.6. The van der Waals surface area contributed by atoms with Crippen molar-refractivity contribution in [2.24, 2.45) is 11.7 Å². The van der Waals surface area contributed by atoms with Crippen LogP contribution in [-0.2, 0) is 0 Å². The van der Waals surface area contributed by atoms with Gasteiger partial charge in [-0.3, -0.25) is 0 Å². The zero-order chi connectivity index (χ0) is 10.8. The van der Waals surface area contributed by atoms with E-state index in [4.69, 9.17) is 17.3 Å². The first-order chi connectivity index (χ1) is 7.16. The minimum absolute atomic E-state index is 0.0934. The molecule has 2 rings (SSSR count). The van der Waals surface area contributed by atoms with Crippen molar-refractivity contribution in [3.63, 3.8) is 0 Å². The van der Waals surface area contributed by atoms with Crippen molar-refractivity contribution in [1.82, 2.24) is 0 Å². The maximum absolute atomic E-state index is 6.16. The second-order valence-corrected chi connectivity index (χ2v) is 5.63. The fourth-order valence-electron chi connectivity index (χ4n) is 2.02. The molecule has 3 heteroatoms. The van der Waals surface area contributed by atoms with Crippen LogP contribution in [0, 0.1) is 5.92 Å². The third-order valence-corrected chi connectivity index (χ3v) is 3.99. The molecule has 1 aliphatic carbocycles. The Morgan fingerprint density at radius 2 is 2.20 bits per heavy atom. The van der Waals surface area contributed by atoms with E-state index in [0.29, 0.717) is 0 Å². The Morgan fingerprint density at radius 3 is 2.73 bits per heavy atom. The Bertz CT molecular complexity index is 349. The van der Waals surface area contributed by atoms with Crippen LogP contribution in [-0.4, -0.2) is 0 Å². The van der Waals surface area contributed by atoms with Gasteiger partial charge in [0.25, 0.3) is 0 Å². The van der Waals surface area contributed by atoms with Crippen LogP contribution in [0.1, 0.15) is 37.3 Å². The molecule has 15 heavy (non-hydrogen) atoms. The van der Waals surface area contributed by atoms with Gasteiger partial charge in [0.05, 0.1) is 0 Å². The second kappa shape index (κ2) is 4.86. The summed E-state index contributed by atoms with van der Waals surface area (Å²) >= 11 is 9.55. The molecule has 1 unspecified atom stereocenters. The lowest BCUT2D eigenvalue weighted by molar-refractivity contribution is 0.277. The molecular weight excluding hydrogens is 273 g/mol. The van der Waals surface area contributed by atoms with E-state index in [1.807, 2.05) is 18.2 Å². The molecule has 1 saturated carbocycles. The lowest BCUT2D eigenvalue weighted by Crippen LogP contribution is -2.20. The van der Waals surface area contributed by atoms with E-state index in [0.717, 1.165) is 27.4 Å². The molecule has 1 aromatic rings. The number of benzene rings is 1. The van der Waals surface area contributed by atoms with Gasteiger partial charge >= 0.3 is 0 Å². The van der Waals surface area contributed by atoms with Crippen molar-refractivity contribution >= 4 is 27.5 Å². The molecule has 1 fully saturated rings. The highest BCUT2D eigenvalue weighted by atomic mass is 79.9. The topological polar surface area (TPSA) is 26.0 Å². The van der Waals surface area contributed by atoms with Gasteiger partial charge in [-0.15, -0.1) is 0 Å². The smallest absolute Gasteiger partial charge is 0.0464 e. The van der Waals surface area contributed by atoms with Gasteiger partial charge in [0.15, 0.2) is 0 Å². The molecule has 1 aromatic carbocycles. The van der Waals surface area contributed by atoms with Crippen molar-refractivity contribution < 1.29 is 0 Å². The highest BCUT2D eigenvalue weighted by molar-refractivity contribution is 9.10. The summed E-state index contributed by atoms with van der Waals surface area (Å²) in [5.74, 6) is 0.819. The van der Waals surface area contributed by atoms with Crippen molar-refractivity contribution in [2.45, 2.75) is 31.7 Å². The van der Waals surface area contributed by atoms with Crippen LogP contribution in [0.3, 0.4) is 0 Å². The highest BCUT2D eigenvalue weighted by Gasteiger charge is 2.21. The molecule has 1 aliphatic rings. The van der Waals surface area contributed by atoms with Gasteiger partial charge in [0, 0.05) is 15.5 Å². The Hall–Kier alpha value is -0.0500. The number of hydrogen-bond acceptors (Lipinski definition) is 1. The second-order valence-electron chi connectivity index (χ2n) is 4.30. The molecule has 82 valence electrons. The predicted octanol–water partition coefficient (Wildman–Crippen LogP) is 4.29. The van der Waals surface area contributed by atoms with E-state index in [1.165, 1.54) is 19.3 Å². The molecule has 1 nitrogen and oxygen atoms in total. The SMILES string of the molecule is NC(CC1CCC1)c1ccc(Br)cc1Cl. The molecule has 0 bridgehead atoms. The van der Waals surface area contributed by atoms with E-state index >= 15 is 0 Å². The first-order valence-corrected chi connectivity index (χ1v) is 6.54. The maximum atomic E-state index is 6.16. The average Bonchev–Trinajstić information content (AvgIpc) is 2.11. The highest BCUT2D eigenvalue weighted by Crippen LogP contribution is 2.35. The monoisotopic (exact) mass is 287 g/mol. The molecule has 2 N–H and O–H groups in total. The summed E-state index contributed by atoms with van der Waals surface area (Å²) in [5, 5.41) is 0.774. The third-order valence-electron chi connectivity index (χ3n) is 3.17. The summed E-state index contributed by atoms with van der Waals surface area (Å²) in [4.78, 5) is 0. The minimum Gasteiger partial charge on any atom is -0.324 e. The average molecular weight is 289 g/mol. The van der Waals surface area contributed by atoms with Crippen LogP contribution in [0.5, 0.6) is 0 Å². The summed E-state index contributed by atoms with van der Waals surface area (Å²) in [5.41, 5.74) is 7.23. The molecule has 0 spiro atoms. The molecule has 0 heterocycles. The van der Waals surface area contributed by atoms with Crippen molar-refractivity contribution in [3.05, 3.63) is 33.3 Å². The van der Waals surface area contributed by atoms with Crippen LogP contribution < -0.4 is 5.73 Å². The minimum atomic E-state index is 0.0934. The maximum Gasteiger partial charge on any atom is 0.0464 e. The quantitative estimate of drug-likeness (QED) is 0.882. The van der Waals surface area contributed by atoms with Gasteiger partial charge in [-0.1, -0.05) is 52.9 Å². The van der Waals surface area contributed by atoms with Gasteiger partial charge in [-0.2, -0.15) is 0 Å². The lowest BCUT2D eigenvalue weighted by atomic mass is 9.80. The summed E-state index contributed by atoms with van der Waals surface area (Å²) in [6, 6.07) is 6.03. The molecular formula is C12H15BrClN. The molecule has 0 saturated heterocycles. The van der Waals surface area contributed by atoms with Crippen molar-refractivity contribution in [3.8, 4) is 0 Å². The van der Waals surface area contributed by atoms with Crippen LogP contribution >= 0.6 is 27.5 Å². The fraction of sp³-hybridized carbons (Fsp3) is 0.500. The standard InChI is InChI=1S/C12H15BrClN/c13-9-4-5-10(11(14)7-9)12(15)6-8-2-1-3-8/h4-5,7-8,12H,1-3,6,15H2. The summed E-state index contributed by atoms with van der Waals surface area (Å²) < 4.78 is 1.01. The zero-order valence-corrected chi connectivity index (χ0v) is 10.9. The third kappa shape index (κ3) is 2.74. The number of halogens is 2. The predicted molar refractivity (Wildman–Crippen MR) is 68.0 cm³/mol. The van der Waals surface area contributed by atoms with Gasteiger partial charge in [-0.25, -0.2) is 0 Å². The molecule has 1 atom stereocenters. The first kappa shape index (κ1) is 11.4. The van der Waals surface area contributed by atoms with Crippen LogP contribution in [0.4, 0.5) is 0 Å². The summed E-state index contributed by atoms with van der Waals surface area (Å²) in [6.45, 7) is 0. The van der Waals surface area contributed by atoms with Crippen molar-refractivity contribution in [1.29, 1.82) is 0 Å². The van der Waals surface area contributed by atoms with Gasteiger partial charge in [-0.05, 0) is 30.0 Å². The van der Waals surface area contributed by atoms with E-state index in [1.54, 1.807) is 0 Å². The van der Waals surface area contributed by atoms with Gasteiger partial charge in [0.2, 0.25) is 0 Å². The summed E-state index contributed by atoms with van der Waals surface area (Å²) in [6.07, 6.45) is 5.11. The van der Waals surface area contributed by atoms with Crippen LogP contribution in [0.15, 0.2) is 22.7 Å². The number of rotatable bonds is 3. The van der Waals surface area contributed by atoms with E-state index in [9.17, 15) is 0 Å². The number of hydrogen-bond donors (Lipinski definition) is 1. The Morgan fingerprint density at radius 1 is 1.47 bits per heavy atom. The van der Waals surface area contributed by atoms with Gasteiger partial charge in [0.1, 0.15) is 0 Å². The van der Waals surface area contributed by atoms with Crippen molar-refractivity contribution in [2.75, 3.05) is 0 Å². The first-order valence-electron chi connectivity index (χ1n) is 5.37. The van der Waals surface area contributed by atoms with E-state index in [-0.39, 0.29) is 6.04 Å². The largest absolute Gasteiger partial charge is 0.324 e. The molecule has 0 aliphatic heterocycles. The lowest BCUT2D eigenvalue weighted by Gasteiger charge is -2.28. The molecule has 0 amide bonds. The zero-order valence-electron chi connectivity index (χ0n) is 8.55. The fourth-order valence-corrected chi connectivity index (χ4v) is 2.83. The van der Waals surface area contributed by atoms with E-state index in [2.05, 4.69) is 15.9 Å². The number of nitrogens with two attached hydrogens (primary N) is 1. The van der Waals surface area contributed by atoms with E-state index < -0.39 is 0 Å².